The monoisotopic (exact) mass is 328 g/mol. The molecule has 1 rings (SSSR count). The van der Waals surface area contributed by atoms with Crippen LogP contribution in [-0.4, -0.2) is 51.3 Å². The maximum absolute atomic E-state index is 11.4. The van der Waals surface area contributed by atoms with Crippen molar-refractivity contribution in [3.63, 3.8) is 0 Å². The number of hydrogen-bond acceptors (Lipinski definition) is 8. The normalized spacial score (nSPS) is 13.5. The number of benzene rings is 1. The van der Waals surface area contributed by atoms with Gasteiger partial charge in [-0.2, -0.15) is 0 Å². The molecule has 1 aromatic carbocycles. The summed E-state index contributed by atoms with van der Waals surface area (Å²) in [6.45, 7) is 0.438. The van der Waals surface area contributed by atoms with Gasteiger partial charge in [-0.25, -0.2) is 4.79 Å². The van der Waals surface area contributed by atoms with Crippen molar-refractivity contribution in [2.45, 2.75) is 25.4 Å². The van der Waals surface area contributed by atoms with Crippen molar-refractivity contribution in [1.82, 2.24) is 0 Å². The summed E-state index contributed by atoms with van der Waals surface area (Å²) in [6, 6.07) is 2.24. The zero-order valence-electron chi connectivity index (χ0n) is 12.4. The number of carboxylic acid groups (broad SMARTS) is 1. The van der Waals surface area contributed by atoms with E-state index >= 15 is 0 Å². The number of hydrogen-bond donors (Lipinski definition) is 8. The molecule has 1 aromatic rings. The van der Waals surface area contributed by atoms with Crippen LogP contribution >= 0.6 is 0 Å². The molecule has 0 saturated heterocycles. The fourth-order valence-electron chi connectivity index (χ4n) is 1.94. The molecule has 2 atom stereocenters. The molecule has 0 spiro atoms. The van der Waals surface area contributed by atoms with Crippen molar-refractivity contribution in [3.8, 4) is 0 Å². The van der Waals surface area contributed by atoms with Crippen LogP contribution in [0.4, 0.5) is 11.4 Å². The third-order valence-corrected chi connectivity index (χ3v) is 2.91. The smallest absolute Gasteiger partial charge is 0.335 e. The number of nitrogens with two attached hydrogens (primary N) is 2. The lowest BCUT2D eigenvalue weighted by Gasteiger charge is -2.23. The van der Waals surface area contributed by atoms with Crippen molar-refractivity contribution in [2.24, 2.45) is 11.5 Å². The molecule has 0 saturated carbocycles. The average molecular weight is 328 g/mol. The van der Waals surface area contributed by atoms with Crippen LogP contribution in [0.15, 0.2) is 12.1 Å². The summed E-state index contributed by atoms with van der Waals surface area (Å²) in [5, 5.41) is 42.8. The van der Waals surface area contributed by atoms with Crippen LogP contribution in [0, 0.1) is 0 Å². The Morgan fingerprint density at radius 1 is 1.26 bits per heavy atom. The van der Waals surface area contributed by atoms with Gasteiger partial charge in [-0.05, 0) is 12.1 Å². The molecule has 10 heteroatoms. The van der Waals surface area contributed by atoms with E-state index in [1.807, 2.05) is 0 Å². The van der Waals surface area contributed by atoms with Crippen molar-refractivity contribution in [3.05, 3.63) is 23.3 Å². The number of carbonyl (C=O) groups is 2. The molecule has 0 aliphatic heterocycles. The zero-order chi connectivity index (χ0) is 17.7. The van der Waals surface area contributed by atoms with E-state index in [-0.39, 0.29) is 22.5 Å². The molecule has 0 aliphatic carbocycles. The Balaban J connectivity index is 3.55. The van der Waals surface area contributed by atoms with Gasteiger partial charge in [0.1, 0.15) is 18.5 Å². The van der Waals surface area contributed by atoms with Gasteiger partial charge in [-0.1, -0.05) is 0 Å². The number of aliphatic hydroxyl groups is 3. The van der Waals surface area contributed by atoms with Crippen molar-refractivity contribution < 1.29 is 30.0 Å². The van der Waals surface area contributed by atoms with Gasteiger partial charge in [0, 0.05) is 12.5 Å². The first kappa shape index (κ1) is 18.8. The van der Waals surface area contributed by atoms with Crippen LogP contribution in [0.5, 0.6) is 0 Å². The summed E-state index contributed by atoms with van der Waals surface area (Å²) < 4.78 is 0. The second kappa shape index (κ2) is 7.85. The number of carboxylic acids is 1. The highest BCUT2D eigenvalue weighted by atomic mass is 16.4. The van der Waals surface area contributed by atoms with E-state index in [1.54, 1.807) is 0 Å². The summed E-state index contributed by atoms with van der Waals surface area (Å²) in [7, 11) is 0. The molecular weight excluding hydrogens is 308 g/mol. The summed E-state index contributed by atoms with van der Waals surface area (Å²) in [5.74, 6) is -1.81. The molecule has 10 N–H and O–H groups in total. The zero-order valence-corrected chi connectivity index (χ0v) is 12.4. The van der Waals surface area contributed by atoms with Crippen LogP contribution in [-0.2, 0) is 4.79 Å². The standard InChI is InChI=1S/C13H20N4O6/c1-5(19)16-10-7(11(21)9(20)4-18)2-6(12(22)23)3-8(10)17-13(14)15/h2-3,9,11,13,17-18,20-21H,4,14-15H2,1H3,(H,16,19)(H,22,23). The van der Waals surface area contributed by atoms with Crippen LogP contribution in [0.1, 0.15) is 28.9 Å². The number of aromatic carboxylic acids is 1. The van der Waals surface area contributed by atoms with E-state index in [2.05, 4.69) is 10.6 Å². The SMILES string of the molecule is CC(=O)Nc1c(NC(N)N)cc(C(=O)O)cc1C(O)C(O)CO. The molecule has 128 valence electrons. The Bertz CT molecular complexity index is 592. The second-order valence-corrected chi connectivity index (χ2v) is 4.84. The van der Waals surface area contributed by atoms with E-state index in [4.69, 9.17) is 21.7 Å². The van der Waals surface area contributed by atoms with Gasteiger partial charge in [0.2, 0.25) is 5.91 Å². The van der Waals surface area contributed by atoms with Gasteiger partial charge < -0.3 is 31.1 Å². The van der Waals surface area contributed by atoms with Gasteiger partial charge in [-0.15, -0.1) is 0 Å². The number of rotatable bonds is 7. The van der Waals surface area contributed by atoms with E-state index in [9.17, 15) is 19.8 Å². The first-order chi connectivity index (χ1) is 10.7. The predicted molar refractivity (Wildman–Crippen MR) is 81.5 cm³/mol. The minimum Gasteiger partial charge on any atom is -0.478 e. The third-order valence-electron chi connectivity index (χ3n) is 2.91. The first-order valence-electron chi connectivity index (χ1n) is 6.60. The molecule has 0 aliphatic rings. The minimum atomic E-state index is -1.64. The Hall–Kier alpha value is -2.24. The molecule has 10 nitrogen and oxygen atoms in total. The van der Waals surface area contributed by atoms with Crippen LogP contribution in [0.2, 0.25) is 0 Å². The highest BCUT2D eigenvalue weighted by Gasteiger charge is 2.25. The highest BCUT2D eigenvalue weighted by Crippen LogP contribution is 2.34. The maximum atomic E-state index is 11.4. The largest absolute Gasteiger partial charge is 0.478 e. The lowest BCUT2D eigenvalue weighted by atomic mass is 9.98. The Morgan fingerprint density at radius 2 is 1.87 bits per heavy atom. The van der Waals surface area contributed by atoms with Crippen LogP contribution in [0.25, 0.3) is 0 Å². The van der Waals surface area contributed by atoms with E-state index in [1.165, 1.54) is 13.0 Å². The lowest BCUT2D eigenvalue weighted by molar-refractivity contribution is -0.114. The molecule has 0 radical (unpaired) electrons. The summed E-state index contributed by atoms with van der Waals surface area (Å²) in [5.41, 5.74) is 10.5. The molecular formula is C13H20N4O6. The number of aliphatic hydroxyl groups excluding tert-OH is 3. The third kappa shape index (κ3) is 4.87. The minimum absolute atomic E-state index is 0.00315. The molecule has 0 heterocycles. The van der Waals surface area contributed by atoms with Gasteiger partial charge in [0.25, 0.3) is 0 Å². The molecule has 1 amide bonds. The fourth-order valence-corrected chi connectivity index (χ4v) is 1.94. The van der Waals surface area contributed by atoms with Gasteiger partial charge in [0.15, 0.2) is 0 Å². The van der Waals surface area contributed by atoms with Crippen molar-refractivity contribution >= 4 is 23.3 Å². The summed E-state index contributed by atoms with van der Waals surface area (Å²) in [6.07, 6.45) is -4.29. The number of carbonyl (C=O) groups excluding carboxylic acids is 1. The Kier molecular flexibility index (Phi) is 6.42. The summed E-state index contributed by atoms with van der Waals surface area (Å²) >= 11 is 0. The average Bonchev–Trinajstić information content (AvgIpc) is 2.45. The highest BCUT2D eigenvalue weighted by molar-refractivity contribution is 5.97. The van der Waals surface area contributed by atoms with E-state index in [0.29, 0.717) is 0 Å². The van der Waals surface area contributed by atoms with Gasteiger partial charge in [-0.3, -0.25) is 16.3 Å². The molecule has 2 unspecified atom stereocenters. The predicted octanol–water partition coefficient (Wildman–Crippen LogP) is -1.66. The van der Waals surface area contributed by atoms with Gasteiger partial charge >= 0.3 is 5.97 Å². The number of nitrogens with one attached hydrogen (secondary N) is 2. The first-order valence-corrected chi connectivity index (χ1v) is 6.60. The fraction of sp³-hybridized carbons (Fsp3) is 0.385. The van der Waals surface area contributed by atoms with Crippen molar-refractivity contribution in [1.29, 1.82) is 0 Å². The van der Waals surface area contributed by atoms with E-state index < -0.39 is 37.0 Å². The number of anilines is 2. The van der Waals surface area contributed by atoms with Crippen LogP contribution < -0.4 is 22.1 Å². The lowest BCUT2D eigenvalue weighted by Crippen LogP contribution is -2.39. The Labute approximate surface area is 131 Å². The summed E-state index contributed by atoms with van der Waals surface area (Å²) in [4.78, 5) is 22.6. The molecule has 0 bridgehead atoms. The van der Waals surface area contributed by atoms with Gasteiger partial charge in [0.05, 0.1) is 23.5 Å². The number of amides is 1. The molecule has 0 fully saturated rings. The quantitative estimate of drug-likeness (QED) is 0.271. The molecule has 23 heavy (non-hydrogen) atoms. The second-order valence-electron chi connectivity index (χ2n) is 4.84. The molecule has 0 aromatic heterocycles. The van der Waals surface area contributed by atoms with Crippen molar-refractivity contribution in [2.75, 3.05) is 17.2 Å². The van der Waals surface area contributed by atoms with Crippen LogP contribution in [0.3, 0.4) is 0 Å². The van der Waals surface area contributed by atoms with E-state index in [0.717, 1.165) is 6.07 Å². The maximum Gasteiger partial charge on any atom is 0.335 e. The Morgan fingerprint density at radius 3 is 2.30 bits per heavy atom. The topological polar surface area (TPSA) is 191 Å².